The minimum atomic E-state index is -4.34. The van der Waals surface area contributed by atoms with Crippen molar-refractivity contribution in [1.29, 1.82) is 0 Å². The second-order valence-electron chi connectivity index (χ2n) is 3.98. The van der Waals surface area contributed by atoms with Gasteiger partial charge in [0.25, 0.3) is 0 Å². The highest BCUT2D eigenvalue weighted by molar-refractivity contribution is 5.19. The number of hydrogen-bond acceptors (Lipinski definition) is 3. The molecule has 0 unspecified atom stereocenters. The van der Waals surface area contributed by atoms with Crippen molar-refractivity contribution in [3.63, 3.8) is 0 Å². The normalized spacial score (nSPS) is 25.9. The van der Waals surface area contributed by atoms with Gasteiger partial charge in [-0.1, -0.05) is 0 Å². The predicted octanol–water partition coefficient (Wildman–Crippen LogP) is 2.15. The van der Waals surface area contributed by atoms with Gasteiger partial charge in [0.15, 0.2) is 0 Å². The van der Waals surface area contributed by atoms with Gasteiger partial charge in [0.2, 0.25) is 0 Å². The number of nitrogens with zero attached hydrogens (tertiary/aromatic N) is 1. The lowest BCUT2D eigenvalue weighted by Gasteiger charge is -2.29. The lowest BCUT2D eigenvalue weighted by Crippen LogP contribution is -2.40. The van der Waals surface area contributed by atoms with Crippen LogP contribution in [0.3, 0.4) is 0 Å². The fourth-order valence-electron chi connectivity index (χ4n) is 1.82. The molecule has 1 aliphatic rings. The highest BCUT2D eigenvalue weighted by Crippen LogP contribution is 2.29. The maximum atomic E-state index is 12.4. The van der Waals surface area contributed by atoms with Crippen LogP contribution in [-0.2, 0) is 10.9 Å². The number of morpholine rings is 1. The summed E-state index contributed by atoms with van der Waals surface area (Å²) in [7, 11) is 0. The van der Waals surface area contributed by atoms with Crippen molar-refractivity contribution in [2.45, 2.75) is 25.2 Å². The van der Waals surface area contributed by atoms with Crippen molar-refractivity contribution >= 4 is 0 Å². The lowest BCUT2D eigenvalue weighted by atomic mass is 10.1. The topological polar surface area (TPSA) is 34.1 Å². The van der Waals surface area contributed by atoms with Gasteiger partial charge in [0.1, 0.15) is 0 Å². The van der Waals surface area contributed by atoms with Crippen molar-refractivity contribution in [3.8, 4) is 0 Å². The van der Waals surface area contributed by atoms with Crippen LogP contribution in [0.5, 0.6) is 0 Å². The summed E-state index contributed by atoms with van der Waals surface area (Å²) in [6.45, 7) is 3.16. The molecule has 2 heterocycles. The quantitative estimate of drug-likeness (QED) is 0.824. The fraction of sp³-hybridized carbons (Fsp3) is 0.545. The van der Waals surface area contributed by atoms with Crippen molar-refractivity contribution in [2.24, 2.45) is 0 Å². The molecule has 17 heavy (non-hydrogen) atoms. The number of nitrogens with one attached hydrogen (secondary N) is 1. The maximum absolute atomic E-state index is 12.4. The van der Waals surface area contributed by atoms with E-state index in [1.807, 2.05) is 6.92 Å². The monoisotopic (exact) mass is 246 g/mol. The smallest absolute Gasteiger partial charge is 0.375 e. The SMILES string of the molecule is C[C@@H]1OCCN[C@H]1c1ccc(C(F)(F)F)cn1. The van der Waals surface area contributed by atoms with Crippen molar-refractivity contribution in [3.05, 3.63) is 29.6 Å². The van der Waals surface area contributed by atoms with Crippen LogP contribution in [0.1, 0.15) is 24.2 Å². The lowest BCUT2D eigenvalue weighted by molar-refractivity contribution is -0.137. The first-order chi connectivity index (χ1) is 7.98. The Morgan fingerprint density at radius 3 is 2.71 bits per heavy atom. The molecule has 0 radical (unpaired) electrons. The number of hydrogen-bond donors (Lipinski definition) is 1. The van der Waals surface area contributed by atoms with E-state index in [0.29, 0.717) is 18.8 Å². The summed E-state index contributed by atoms with van der Waals surface area (Å²) < 4.78 is 42.5. The minimum absolute atomic E-state index is 0.0898. The van der Waals surface area contributed by atoms with E-state index in [1.165, 1.54) is 6.07 Å². The molecule has 1 aromatic rings. The van der Waals surface area contributed by atoms with Gasteiger partial charge >= 0.3 is 6.18 Å². The molecule has 1 N–H and O–H groups in total. The predicted molar refractivity (Wildman–Crippen MR) is 55.4 cm³/mol. The Morgan fingerprint density at radius 1 is 1.41 bits per heavy atom. The van der Waals surface area contributed by atoms with Crippen LogP contribution in [0.25, 0.3) is 0 Å². The average molecular weight is 246 g/mol. The average Bonchev–Trinajstić information content (AvgIpc) is 2.29. The molecule has 1 fully saturated rings. The largest absolute Gasteiger partial charge is 0.417 e. The highest BCUT2D eigenvalue weighted by Gasteiger charge is 2.31. The van der Waals surface area contributed by atoms with Gasteiger partial charge in [-0.05, 0) is 19.1 Å². The van der Waals surface area contributed by atoms with Gasteiger partial charge in [0, 0.05) is 12.7 Å². The zero-order valence-electron chi connectivity index (χ0n) is 9.29. The zero-order chi connectivity index (χ0) is 12.5. The van der Waals surface area contributed by atoms with E-state index in [0.717, 1.165) is 12.3 Å². The molecule has 0 aliphatic carbocycles. The number of alkyl halides is 3. The zero-order valence-corrected chi connectivity index (χ0v) is 9.29. The van der Waals surface area contributed by atoms with Crippen molar-refractivity contribution in [1.82, 2.24) is 10.3 Å². The fourth-order valence-corrected chi connectivity index (χ4v) is 1.82. The standard InChI is InChI=1S/C11H13F3N2O/c1-7-10(15-4-5-17-7)9-3-2-8(6-16-9)11(12,13)14/h2-3,6-7,10,15H,4-5H2,1H3/t7-,10+/m0/s1. The molecule has 3 nitrogen and oxygen atoms in total. The van der Waals surface area contributed by atoms with Crippen LogP contribution < -0.4 is 5.32 Å². The van der Waals surface area contributed by atoms with Gasteiger partial charge in [-0.2, -0.15) is 13.2 Å². The summed E-state index contributed by atoms with van der Waals surface area (Å²) >= 11 is 0. The Morgan fingerprint density at radius 2 is 2.18 bits per heavy atom. The Balaban J connectivity index is 2.17. The summed E-state index contributed by atoms with van der Waals surface area (Å²) in [4.78, 5) is 3.86. The molecule has 1 aliphatic heterocycles. The van der Waals surface area contributed by atoms with Crippen LogP contribution in [0.4, 0.5) is 13.2 Å². The summed E-state index contributed by atoms with van der Waals surface area (Å²) in [6.07, 6.45) is -3.57. The van der Waals surface area contributed by atoms with Crippen LogP contribution in [0.2, 0.25) is 0 Å². The molecule has 1 saturated heterocycles. The molecule has 2 rings (SSSR count). The van der Waals surface area contributed by atoms with Gasteiger partial charge in [0.05, 0.1) is 30.0 Å². The summed E-state index contributed by atoms with van der Waals surface area (Å²) in [5.74, 6) is 0. The van der Waals surface area contributed by atoms with Crippen molar-refractivity contribution < 1.29 is 17.9 Å². The van der Waals surface area contributed by atoms with Crippen LogP contribution in [-0.4, -0.2) is 24.2 Å². The molecule has 0 saturated carbocycles. The molecule has 0 spiro atoms. The van der Waals surface area contributed by atoms with Crippen LogP contribution in [0, 0.1) is 0 Å². The summed E-state index contributed by atoms with van der Waals surface area (Å²) in [6, 6.07) is 2.29. The first kappa shape index (κ1) is 12.3. The third-order valence-corrected chi connectivity index (χ3v) is 2.75. The molecule has 0 bridgehead atoms. The molecule has 0 amide bonds. The van der Waals surface area contributed by atoms with E-state index in [9.17, 15) is 13.2 Å². The number of aromatic nitrogens is 1. The number of rotatable bonds is 1. The van der Waals surface area contributed by atoms with Gasteiger partial charge < -0.3 is 10.1 Å². The van der Waals surface area contributed by atoms with Gasteiger partial charge in [-0.15, -0.1) is 0 Å². The Labute approximate surface area is 97.0 Å². The minimum Gasteiger partial charge on any atom is -0.375 e. The van der Waals surface area contributed by atoms with E-state index in [1.54, 1.807) is 0 Å². The summed E-state index contributed by atoms with van der Waals surface area (Å²) in [5, 5.41) is 3.17. The molecule has 2 atom stereocenters. The molecule has 94 valence electrons. The van der Waals surface area contributed by atoms with Gasteiger partial charge in [-0.25, -0.2) is 0 Å². The third kappa shape index (κ3) is 2.76. The second-order valence-corrected chi connectivity index (χ2v) is 3.98. The summed E-state index contributed by atoms with van der Waals surface area (Å²) in [5.41, 5.74) is -0.157. The first-order valence-electron chi connectivity index (χ1n) is 5.36. The van der Waals surface area contributed by atoms with Crippen LogP contribution in [0.15, 0.2) is 18.3 Å². The van der Waals surface area contributed by atoms with E-state index in [4.69, 9.17) is 4.74 Å². The third-order valence-electron chi connectivity index (χ3n) is 2.75. The van der Waals surface area contributed by atoms with Crippen LogP contribution >= 0.6 is 0 Å². The second kappa shape index (κ2) is 4.62. The van der Waals surface area contributed by atoms with E-state index >= 15 is 0 Å². The Kier molecular flexibility index (Phi) is 3.35. The van der Waals surface area contributed by atoms with E-state index < -0.39 is 11.7 Å². The maximum Gasteiger partial charge on any atom is 0.417 e. The molecule has 6 heteroatoms. The molecule has 1 aromatic heterocycles. The number of ether oxygens (including phenoxy) is 1. The Bertz CT molecular complexity index is 377. The molecular weight excluding hydrogens is 233 g/mol. The van der Waals surface area contributed by atoms with Crippen molar-refractivity contribution in [2.75, 3.05) is 13.2 Å². The highest BCUT2D eigenvalue weighted by atomic mass is 19.4. The van der Waals surface area contributed by atoms with Gasteiger partial charge in [-0.3, -0.25) is 4.98 Å². The Hall–Kier alpha value is -1.14. The van der Waals surface area contributed by atoms with E-state index in [2.05, 4.69) is 10.3 Å². The number of pyridine rings is 1. The number of halogens is 3. The molecular formula is C11H13F3N2O. The first-order valence-corrected chi connectivity index (χ1v) is 5.36. The van der Waals surface area contributed by atoms with E-state index in [-0.39, 0.29) is 12.1 Å². The molecule has 0 aromatic carbocycles.